The zero-order chi connectivity index (χ0) is 24.2. The van der Waals surface area contributed by atoms with E-state index in [0.717, 1.165) is 18.2 Å². The predicted molar refractivity (Wildman–Crippen MR) is 107 cm³/mol. The van der Waals surface area contributed by atoms with Crippen LogP contribution in [0.25, 0.3) is 10.8 Å². The summed E-state index contributed by atoms with van der Waals surface area (Å²) in [6, 6.07) is 6.04. The second-order valence-electron chi connectivity index (χ2n) is 8.21. The van der Waals surface area contributed by atoms with Gasteiger partial charge in [-0.25, -0.2) is 13.6 Å². The van der Waals surface area contributed by atoms with Gasteiger partial charge in [-0.1, -0.05) is 5.16 Å². The van der Waals surface area contributed by atoms with Crippen LogP contribution in [0.1, 0.15) is 30.5 Å². The Hall–Kier alpha value is -3.34. The normalized spacial score (nSPS) is 16.9. The fraction of sp³-hybridized carbons (Fsp3) is 0.318. The molecular formula is C22H17F5N2O4. The van der Waals surface area contributed by atoms with Crippen LogP contribution in [-0.2, 0) is 10.2 Å². The lowest BCUT2D eigenvalue weighted by Gasteiger charge is -2.33. The lowest BCUT2D eigenvalue weighted by atomic mass is 9.81. The summed E-state index contributed by atoms with van der Waals surface area (Å²) in [6.07, 6.45) is -6.52. The number of hydrogen-bond donors (Lipinski definition) is 2. The number of benzene rings is 2. The van der Waals surface area contributed by atoms with Gasteiger partial charge in [0.05, 0.1) is 11.1 Å². The van der Waals surface area contributed by atoms with E-state index >= 15 is 0 Å². The third-order valence-electron chi connectivity index (χ3n) is 5.94. The molecule has 6 nitrogen and oxygen atoms in total. The van der Waals surface area contributed by atoms with Crippen LogP contribution in [0.2, 0.25) is 0 Å². The summed E-state index contributed by atoms with van der Waals surface area (Å²) in [5.41, 5.74) is -6.40. The number of carbonyl (C=O) groups excluding carboxylic acids is 1. The number of hydrogen-bond acceptors (Lipinski definition) is 5. The first-order valence-corrected chi connectivity index (χ1v) is 9.83. The molecule has 11 heteroatoms. The highest BCUT2D eigenvalue weighted by atomic mass is 19.4. The number of alkyl halides is 3. The number of nitrogens with one attached hydrogen (secondary N) is 1. The summed E-state index contributed by atoms with van der Waals surface area (Å²) < 4.78 is 74.3. The van der Waals surface area contributed by atoms with E-state index in [0.29, 0.717) is 0 Å². The standard InChI is InChI=1S/C22H17F5N2O4/c1-11-15-9-13(3-4-14(15)18(30)33-29-11)28-19(31)21(32,22(25,26)27)10-20(6-7-20)16-8-12(23)2-5-17(16)24/h2-5,8-9,32H,6-7,10H2,1H3,(H,28,31). The number of aryl methyl sites for hydroxylation is 1. The Labute approximate surface area is 183 Å². The Kier molecular flexibility index (Phi) is 5.27. The zero-order valence-electron chi connectivity index (χ0n) is 17.1. The van der Waals surface area contributed by atoms with E-state index in [-0.39, 0.29) is 40.6 Å². The van der Waals surface area contributed by atoms with E-state index in [2.05, 4.69) is 9.68 Å². The van der Waals surface area contributed by atoms with E-state index in [1.165, 1.54) is 25.1 Å². The maximum absolute atomic E-state index is 14.3. The number of rotatable bonds is 5. The maximum atomic E-state index is 14.3. The van der Waals surface area contributed by atoms with Gasteiger partial charge in [-0.2, -0.15) is 13.2 Å². The van der Waals surface area contributed by atoms with E-state index < -0.39 is 46.8 Å². The Morgan fingerprint density at radius 1 is 1.15 bits per heavy atom. The smallest absolute Gasteiger partial charge is 0.373 e. The number of amides is 1. The molecule has 1 fully saturated rings. The van der Waals surface area contributed by atoms with E-state index in [1.807, 2.05) is 5.32 Å². The van der Waals surface area contributed by atoms with E-state index in [4.69, 9.17) is 0 Å². The number of carbonyl (C=O) groups is 1. The summed E-state index contributed by atoms with van der Waals surface area (Å²) in [4.78, 5) is 24.5. The Morgan fingerprint density at radius 2 is 1.85 bits per heavy atom. The first kappa shape index (κ1) is 22.8. The monoisotopic (exact) mass is 468 g/mol. The fourth-order valence-electron chi connectivity index (χ4n) is 3.94. The van der Waals surface area contributed by atoms with E-state index in [9.17, 15) is 36.6 Å². The van der Waals surface area contributed by atoms with Crippen molar-refractivity contribution in [1.82, 2.24) is 5.16 Å². The molecule has 2 aromatic carbocycles. The van der Waals surface area contributed by atoms with Gasteiger partial charge in [0.25, 0.3) is 5.91 Å². The van der Waals surface area contributed by atoms with Crippen molar-refractivity contribution in [3.63, 3.8) is 0 Å². The molecule has 1 aromatic heterocycles. The molecule has 1 aliphatic carbocycles. The molecule has 1 atom stereocenters. The van der Waals surface area contributed by atoms with Crippen molar-refractivity contribution in [1.29, 1.82) is 0 Å². The molecule has 1 amide bonds. The Balaban J connectivity index is 1.68. The number of fused-ring (bicyclic) bond motifs is 1. The molecule has 1 unspecified atom stereocenters. The number of aliphatic hydroxyl groups is 1. The minimum atomic E-state index is -5.41. The van der Waals surface area contributed by atoms with Crippen molar-refractivity contribution < 1.29 is 36.4 Å². The molecular weight excluding hydrogens is 451 g/mol. The van der Waals surface area contributed by atoms with Crippen LogP contribution in [0.3, 0.4) is 0 Å². The highest BCUT2D eigenvalue weighted by Gasteiger charge is 2.65. The maximum Gasteiger partial charge on any atom is 0.426 e. The fourth-order valence-corrected chi connectivity index (χ4v) is 3.94. The van der Waals surface area contributed by atoms with Crippen LogP contribution in [0, 0.1) is 18.6 Å². The van der Waals surface area contributed by atoms with Crippen molar-refractivity contribution in [2.45, 2.75) is 43.4 Å². The number of halogens is 5. The van der Waals surface area contributed by atoms with Crippen LogP contribution in [-0.4, -0.2) is 27.9 Å². The van der Waals surface area contributed by atoms with E-state index in [1.54, 1.807) is 0 Å². The third kappa shape index (κ3) is 3.97. The molecule has 0 radical (unpaired) electrons. The molecule has 3 aromatic rings. The first-order valence-electron chi connectivity index (χ1n) is 9.83. The van der Waals surface area contributed by atoms with Gasteiger partial charge < -0.3 is 14.9 Å². The van der Waals surface area contributed by atoms with Gasteiger partial charge in [-0.05, 0) is 61.7 Å². The molecule has 0 saturated heterocycles. The molecule has 0 aliphatic heterocycles. The van der Waals surface area contributed by atoms with Crippen LogP contribution in [0.4, 0.5) is 27.6 Å². The predicted octanol–water partition coefficient (Wildman–Crippen LogP) is 4.13. The summed E-state index contributed by atoms with van der Waals surface area (Å²) in [6.45, 7) is 1.49. The lowest BCUT2D eigenvalue weighted by molar-refractivity contribution is -0.253. The van der Waals surface area contributed by atoms with Gasteiger partial charge in [-0.15, -0.1) is 0 Å². The molecule has 2 N–H and O–H groups in total. The molecule has 0 bridgehead atoms. The van der Waals surface area contributed by atoms with Crippen molar-refractivity contribution >= 4 is 22.4 Å². The highest BCUT2D eigenvalue weighted by Crippen LogP contribution is 2.56. The molecule has 1 heterocycles. The van der Waals surface area contributed by atoms with Gasteiger partial charge in [0.1, 0.15) is 11.6 Å². The summed E-state index contributed by atoms with van der Waals surface area (Å²) in [5.74, 6) is -3.55. The number of nitrogens with zero attached hydrogens (tertiary/aromatic N) is 1. The minimum absolute atomic E-state index is 0.0374. The first-order chi connectivity index (χ1) is 15.4. The second-order valence-corrected chi connectivity index (χ2v) is 8.21. The lowest BCUT2D eigenvalue weighted by Crippen LogP contribution is -2.56. The summed E-state index contributed by atoms with van der Waals surface area (Å²) in [7, 11) is 0. The number of anilines is 1. The van der Waals surface area contributed by atoms with Crippen molar-refractivity contribution in [2.24, 2.45) is 0 Å². The summed E-state index contributed by atoms with van der Waals surface area (Å²) >= 11 is 0. The molecule has 0 spiro atoms. The van der Waals surface area contributed by atoms with Crippen LogP contribution < -0.4 is 10.9 Å². The average Bonchev–Trinajstić information content (AvgIpc) is 3.52. The second kappa shape index (κ2) is 7.62. The van der Waals surface area contributed by atoms with Crippen molar-refractivity contribution in [3.05, 3.63) is 69.7 Å². The van der Waals surface area contributed by atoms with Crippen molar-refractivity contribution in [2.75, 3.05) is 5.32 Å². The summed E-state index contributed by atoms with van der Waals surface area (Å²) in [5, 5.41) is 16.4. The molecule has 33 heavy (non-hydrogen) atoms. The average molecular weight is 468 g/mol. The molecule has 1 saturated carbocycles. The van der Waals surface area contributed by atoms with Crippen LogP contribution in [0.5, 0.6) is 0 Å². The SMILES string of the molecule is Cc1noc(=O)c2ccc(NC(=O)C(O)(CC3(c4cc(F)ccc4F)CC3)C(F)(F)F)cc12. The highest BCUT2D eigenvalue weighted by molar-refractivity contribution is 6.00. The molecule has 1 aliphatic rings. The topological polar surface area (TPSA) is 92.4 Å². The Bertz CT molecular complexity index is 1320. The number of aromatic nitrogens is 1. The van der Waals surface area contributed by atoms with Gasteiger partial charge in [0.15, 0.2) is 0 Å². The molecule has 4 rings (SSSR count). The Morgan fingerprint density at radius 3 is 2.48 bits per heavy atom. The minimum Gasteiger partial charge on any atom is -0.373 e. The quantitative estimate of drug-likeness (QED) is 0.550. The molecule has 174 valence electrons. The zero-order valence-corrected chi connectivity index (χ0v) is 17.1. The van der Waals surface area contributed by atoms with Gasteiger partial charge in [0, 0.05) is 22.9 Å². The van der Waals surface area contributed by atoms with Crippen LogP contribution in [0.15, 0.2) is 45.7 Å². The third-order valence-corrected chi connectivity index (χ3v) is 5.94. The van der Waals surface area contributed by atoms with Crippen LogP contribution >= 0.6 is 0 Å². The van der Waals surface area contributed by atoms with Gasteiger partial charge >= 0.3 is 11.8 Å². The van der Waals surface area contributed by atoms with Gasteiger partial charge in [0.2, 0.25) is 5.60 Å². The van der Waals surface area contributed by atoms with Gasteiger partial charge in [-0.3, -0.25) is 4.79 Å². The van der Waals surface area contributed by atoms with Crippen molar-refractivity contribution in [3.8, 4) is 0 Å². The largest absolute Gasteiger partial charge is 0.426 e.